The molecule has 1 heterocycles. The SMILES string of the molecule is CNCCc1c(F)cc(F)c2occc12. The lowest BCUT2D eigenvalue weighted by atomic mass is 10.1. The van der Waals surface area contributed by atoms with Crippen molar-refractivity contribution in [1.29, 1.82) is 0 Å². The second-order valence-electron chi connectivity index (χ2n) is 3.34. The molecule has 2 nitrogen and oxygen atoms in total. The highest BCUT2D eigenvalue weighted by molar-refractivity contribution is 5.81. The molecule has 1 aromatic heterocycles. The molecular weight excluding hydrogens is 200 g/mol. The van der Waals surface area contributed by atoms with Crippen molar-refractivity contribution < 1.29 is 13.2 Å². The fraction of sp³-hybridized carbons (Fsp3) is 0.273. The Balaban J connectivity index is 2.55. The summed E-state index contributed by atoms with van der Waals surface area (Å²) in [6, 6.07) is 2.46. The highest BCUT2D eigenvalue weighted by Crippen LogP contribution is 2.25. The number of halogens is 2. The zero-order chi connectivity index (χ0) is 10.8. The standard InChI is InChI=1S/C11H11F2NO/c1-14-4-2-7-8-3-5-15-11(8)10(13)6-9(7)12/h3,5-6,14H,2,4H2,1H3. The van der Waals surface area contributed by atoms with Gasteiger partial charge in [-0.3, -0.25) is 0 Å². The average Bonchev–Trinajstić information content (AvgIpc) is 2.66. The van der Waals surface area contributed by atoms with Gasteiger partial charge in [-0.1, -0.05) is 0 Å². The highest BCUT2D eigenvalue weighted by atomic mass is 19.1. The Morgan fingerprint density at radius 2 is 2.13 bits per heavy atom. The van der Waals surface area contributed by atoms with Gasteiger partial charge >= 0.3 is 0 Å². The van der Waals surface area contributed by atoms with Crippen LogP contribution in [0.25, 0.3) is 11.0 Å². The van der Waals surface area contributed by atoms with Gasteiger partial charge in [0.1, 0.15) is 5.82 Å². The largest absolute Gasteiger partial charge is 0.461 e. The summed E-state index contributed by atoms with van der Waals surface area (Å²) in [6.07, 6.45) is 1.88. The first kappa shape index (κ1) is 10.1. The molecule has 0 aliphatic rings. The van der Waals surface area contributed by atoms with E-state index in [1.807, 2.05) is 0 Å². The monoisotopic (exact) mass is 211 g/mol. The lowest BCUT2D eigenvalue weighted by Gasteiger charge is -2.04. The van der Waals surface area contributed by atoms with Gasteiger partial charge in [0.15, 0.2) is 11.4 Å². The number of hydrogen-bond acceptors (Lipinski definition) is 2. The van der Waals surface area contributed by atoms with Crippen LogP contribution in [0.4, 0.5) is 8.78 Å². The number of nitrogens with one attached hydrogen (secondary N) is 1. The first-order valence-electron chi connectivity index (χ1n) is 4.72. The van der Waals surface area contributed by atoms with E-state index < -0.39 is 11.6 Å². The Kier molecular flexibility index (Phi) is 2.68. The summed E-state index contributed by atoms with van der Waals surface area (Å²) in [4.78, 5) is 0. The van der Waals surface area contributed by atoms with Crippen LogP contribution in [0, 0.1) is 11.6 Å². The van der Waals surface area contributed by atoms with Crippen molar-refractivity contribution in [1.82, 2.24) is 5.32 Å². The Bertz CT molecular complexity index is 479. The van der Waals surface area contributed by atoms with Gasteiger partial charge in [0.2, 0.25) is 0 Å². The quantitative estimate of drug-likeness (QED) is 0.843. The number of furan rings is 1. The molecule has 2 aromatic rings. The van der Waals surface area contributed by atoms with Crippen molar-refractivity contribution in [3.63, 3.8) is 0 Å². The fourth-order valence-electron chi connectivity index (χ4n) is 1.63. The maximum atomic E-state index is 13.5. The molecule has 0 amide bonds. The van der Waals surface area contributed by atoms with Crippen molar-refractivity contribution in [2.45, 2.75) is 6.42 Å². The van der Waals surface area contributed by atoms with Gasteiger partial charge in [-0.15, -0.1) is 0 Å². The van der Waals surface area contributed by atoms with Crippen LogP contribution >= 0.6 is 0 Å². The fourth-order valence-corrected chi connectivity index (χ4v) is 1.63. The lowest BCUT2D eigenvalue weighted by molar-refractivity contribution is 0.542. The second-order valence-corrected chi connectivity index (χ2v) is 3.34. The van der Waals surface area contributed by atoms with Crippen LogP contribution in [0.5, 0.6) is 0 Å². The molecule has 0 unspecified atom stereocenters. The van der Waals surface area contributed by atoms with Crippen LogP contribution in [-0.2, 0) is 6.42 Å². The molecule has 0 atom stereocenters. The topological polar surface area (TPSA) is 25.2 Å². The molecule has 0 saturated heterocycles. The van der Waals surface area contributed by atoms with Crippen molar-refractivity contribution in [2.24, 2.45) is 0 Å². The molecule has 0 aliphatic carbocycles. The van der Waals surface area contributed by atoms with Crippen molar-refractivity contribution in [2.75, 3.05) is 13.6 Å². The van der Waals surface area contributed by atoms with E-state index in [0.29, 0.717) is 23.9 Å². The molecule has 1 N–H and O–H groups in total. The average molecular weight is 211 g/mol. The molecule has 2 rings (SSSR count). The van der Waals surface area contributed by atoms with Crippen molar-refractivity contribution >= 4 is 11.0 Å². The predicted octanol–water partition coefficient (Wildman–Crippen LogP) is 2.47. The van der Waals surface area contributed by atoms with Gasteiger partial charge in [-0.05, 0) is 26.1 Å². The first-order chi connectivity index (χ1) is 7.24. The molecule has 0 aliphatic heterocycles. The van der Waals surface area contributed by atoms with E-state index in [1.54, 1.807) is 13.1 Å². The summed E-state index contributed by atoms with van der Waals surface area (Å²) in [6.45, 7) is 0.642. The third-order valence-electron chi connectivity index (χ3n) is 2.37. The first-order valence-corrected chi connectivity index (χ1v) is 4.72. The number of benzene rings is 1. The summed E-state index contributed by atoms with van der Waals surface area (Å²) in [5.41, 5.74) is 0.622. The van der Waals surface area contributed by atoms with Gasteiger partial charge in [0.05, 0.1) is 6.26 Å². The predicted molar refractivity (Wildman–Crippen MR) is 53.8 cm³/mol. The van der Waals surface area contributed by atoms with E-state index in [9.17, 15) is 8.78 Å². The number of fused-ring (bicyclic) bond motifs is 1. The lowest BCUT2D eigenvalue weighted by Crippen LogP contribution is -2.11. The van der Waals surface area contributed by atoms with Gasteiger partial charge in [0.25, 0.3) is 0 Å². The second kappa shape index (κ2) is 3.98. The van der Waals surface area contributed by atoms with Crippen LogP contribution < -0.4 is 5.32 Å². The smallest absolute Gasteiger partial charge is 0.169 e. The van der Waals surface area contributed by atoms with E-state index in [1.165, 1.54) is 6.26 Å². The maximum Gasteiger partial charge on any atom is 0.169 e. The summed E-state index contributed by atoms with van der Waals surface area (Å²) < 4.78 is 31.7. The minimum atomic E-state index is -0.652. The normalized spacial score (nSPS) is 11.1. The summed E-state index contributed by atoms with van der Waals surface area (Å²) >= 11 is 0. The van der Waals surface area contributed by atoms with Gasteiger partial charge in [-0.2, -0.15) is 0 Å². The Morgan fingerprint density at radius 1 is 1.33 bits per heavy atom. The van der Waals surface area contributed by atoms with E-state index in [0.717, 1.165) is 6.07 Å². The van der Waals surface area contributed by atoms with E-state index in [-0.39, 0.29) is 5.58 Å². The molecule has 0 saturated carbocycles. The van der Waals surface area contributed by atoms with Crippen molar-refractivity contribution in [3.05, 3.63) is 35.6 Å². The third kappa shape index (κ3) is 1.72. The van der Waals surface area contributed by atoms with Crippen LogP contribution in [0.2, 0.25) is 0 Å². The number of likely N-dealkylation sites (N-methyl/N-ethyl adjacent to an activating group) is 1. The molecule has 0 bridgehead atoms. The number of hydrogen-bond donors (Lipinski definition) is 1. The van der Waals surface area contributed by atoms with Gasteiger partial charge in [-0.25, -0.2) is 8.78 Å². The summed E-state index contributed by atoms with van der Waals surface area (Å²) in [5.74, 6) is -1.17. The molecule has 4 heteroatoms. The zero-order valence-corrected chi connectivity index (χ0v) is 8.31. The van der Waals surface area contributed by atoms with Crippen LogP contribution in [0.15, 0.2) is 22.8 Å². The summed E-state index contributed by atoms with van der Waals surface area (Å²) in [7, 11) is 1.79. The highest BCUT2D eigenvalue weighted by Gasteiger charge is 2.13. The molecule has 0 radical (unpaired) electrons. The van der Waals surface area contributed by atoms with Crippen LogP contribution in [0.1, 0.15) is 5.56 Å². The molecule has 0 spiro atoms. The zero-order valence-electron chi connectivity index (χ0n) is 8.31. The molecule has 0 fully saturated rings. The van der Waals surface area contributed by atoms with E-state index in [4.69, 9.17) is 4.42 Å². The van der Waals surface area contributed by atoms with Crippen molar-refractivity contribution in [3.8, 4) is 0 Å². The van der Waals surface area contributed by atoms with Crippen LogP contribution in [0.3, 0.4) is 0 Å². The minimum Gasteiger partial charge on any atom is -0.461 e. The molecular formula is C11H11F2NO. The van der Waals surface area contributed by atoms with E-state index in [2.05, 4.69) is 5.32 Å². The minimum absolute atomic E-state index is 0.127. The Labute approximate surface area is 85.9 Å². The maximum absolute atomic E-state index is 13.5. The Hall–Kier alpha value is -1.42. The molecule has 15 heavy (non-hydrogen) atoms. The molecule has 80 valence electrons. The molecule has 1 aromatic carbocycles. The van der Waals surface area contributed by atoms with Gasteiger partial charge < -0.3 is 9.73 Å². The summed E-state index contributed by atoms with van der Waals surface area (Å²) in [5, 5.41) is 3.44. The van der Waals surface area contributed by atoms with E-state index >= 15 is 0 Å². The third-order valence-corrected chi connectivity index (χ3v) is 2.37. The van der Waals surface area contributed by atoms with Crippen LogP contribution in [-0.4, -0.2) is 13.6 Å². The van der Waals surface area contributed by atoms with Gasteiger partial charge in [0, 0.05) is 17.0 Å². The Morgan fingerprint density at radius 3 is 2.87 bits per heavy atom. The number of rotatable bonds is 3.